The third-order valence-corrected chi connectivity index (χ3v) is 1.60. The molecule has 5 N–H and O–H groups in total. The van der Waals surface area contributed by atoms with Crippen LogP contribution in [-0.4, -0.2) is 63.3 Å². The van der Waals surface area contributed by atoms with Crippen molar-refractivity contribution in [3.63, 3.8) is 0 Å². The molecule has 0 radical (unpaired) electrons. The fourth-order valence-electron chi connectivity index (χ4n) is 0.811. The van der Waals surface area contributed by atoms with Crippen molar-refractivity contribution >= 4 is 0 Å². The van der Waals surface area contributed by atoms with Gasteiger partial charge in [0.25, 0.3) is 0 Å². The highest BCUT2D eigenvalue weighted by Crippen LogP contribution is 2.22. The van der Waals surface area contributed by atoms with Gasteiger partial charge in [-0.3, -0.25) is 0 Å². The Bertz CT molecular complexity index is 141. The fourth-order valence-corrected chi connectivity index (χ4v) is 0.811. The summed E-state index contributed by atoms with van der Waals surface area (Å²) in [5, 5.41) is 42.9. The molecular formula is C7H16O6. The molecule has 1 aliphatic heterocycles. The highest BCUT2D eigenvalue weighted by atomic mass is 16.6. The Hall–Kier alpha value is -0.240. The first kappa shape index (κ1) is 12.8. The zero-order valence-corrected chi connectivity index (χ0v) is 7.42. The summed E-state index contributed by atoms with van der Waals surface area (Å²) >= 11 is 0. The SMILES string of the molecule is CCO.OC[C@@]1(O)COC(O)[C@@H]1O. The molecule has 1 heterocycles. The van der Waals surface area contributed by atoms with Gasteiger partial charge in [0.1, 0.15) is 11.7 Å². The van der Waals surface area contributed by atoms with Gasteiger partial charge in [-0.2, -0.15) is 0 Å². The van der Waals surface area contributed by atoms with Gasteiger partial charge in [0, 0.05) is 6.61 Å². The van der Waals surface area contributed by atoms with Gasteiger partial charge >= 0.3 is 0 Å². The molecule has 0 amide bonds. The van der Waals surface area contributed by atoms with E-state index in [1.807, 2.05) is 0 Å². The highest BCUT2D eigenvalue weighted by Gasteiger charge is 2.46. The van der Waals surface area contributed by atoms with Crippen LogP contribution in [0.5, 0.6) is 0 Å². The van der Waals surface area contributed by atoms with E-state index in [0.717, 1.165) is 0 Å². The van der Waals surface area contributed by atoms with Crippen molar-refractivity contribution in [2.45, 2.75) is 24.9 Å². The number of hydrogen-bond donors (Lipinski definition) is 5. The Balaban J connectivity index is 0.000000424. The molecule has 3 atom stereocenters. The van der Waals surface area contributed by atoms with Crippen LogP contribution in [0.25, 0.3) is 0 Å². The summed E-state index contributed by atoms with van der Waals surface area (Å²) in [6.07, 6.45) is -2.81. The van der Waals surface area contributed by atoms with Gasteiger partial charge < -0.3 is 30.3 Å². The largest absolute Gasteiger partial charge is 0.397 e. The van der Waals surface area contributed by atoms with Gasteiger partial charge in [-0.05, 0) is 6.92 Å². The maximum absolute atomic E-state index is 9.15. The quantitative estimate of drug-likeness (QED) is 0.315. The average Bonchev–Trinajstić information content (AvgIpc) is 2.36. The third-order valence-electron chi connectivity index (χ3n) is 1.60. The van der Waals surface area contributed by atoms with Crippen molar-refractivity contribution in [3.05, 3.63) is 0 Å². The third kappa shape index (κ3) is 3.18. The number of rotatable bonds is 1. The van der Waals surface area contributed by atoms with E-state index in [4.69, 9.17) is 25.5 Å². The molecule has 1 unspecified atom stereocenters. The van der Waals surface area contributed by atoms with Gasteiger partial charge in [-0.15, -0.1) is 0 Å². The van der Waals surface area contributed by atoms with E-state index in [-0.39, 0.29) is 13.2 Å². The number of aliphatic hydroxyl groups excluding tert-OH is 4. The van der Waals surface area contributed by atoms with Crippen LogP contribution in [0.15, 0.2) is 0 Å². The maximum atomic E-state index is 9.15. The summed E-state index contributed by atoms with van der Waals surface area (Å²) in [6, 6.07) is 0. The van der Waals surface area contributed by atoms with Gasteiger partial charge in [0.15, 0.2) is 6.29 Å². The first-order valence-corrected chi connectivity index (χ1v) is 3.93. The monoisotopic (exact) mass is 196 g/mol. The first-order chi connectivity index (χ1) is 6.01. The van der Waals surface area contributed by atoms with E-state index in [1.54, 1.807) is 6.92 Å². The predicted molar refractivity (Wildman–Crippen MR) is 42.8 cm³/mol. The lowest BCUT2D eigenvalue weighted by Crippen LogP contribution is -2.46. The van der Waals surface area contributed by atoms with E-state index >= 15 is 0 Å². The lowest BCUT2D eigenvalue weighted by molar-refractivity contribution is -0.128. The van der Waals surface area contributed by atoms with Gasteiger partial charge in [-0.25, -0.2) is 0 Å². The summed E-state index contributed by atoms with van der Waals surface area (Å²) in [5.41, 5.74) is -1.70. The number of ether oxygens (including phenoxy) is 1. The lowest BCUT2D eigenvalue weighted by Gasteiger charge is -2.21. The molecular weight excluding hydrogens is 180 g/mol. The maximum Gasteiger partial charge on any atom is 0.184 e. The molecule has 0 spiro atoms. The standard InChI is InChI=1S/C5H10O5.C2H6O/c6-1-5(9)2-10-4(8)3(5)7;1-2-3/h3-4,6-9H,1-2H2;3H,2H2,1H3/t3-,4?,5+;/m0./s1. The van der Waals surface area contributed by atoms with Crippen molar-refractivity contribution in [2.75, 3.05) is 19.8 Å². The molecule has 6 heteroatoms. The van der Waals surface area contributed by atoms with Crippen LogP contribution in [0.1, 0.15) is 6.92 Å². The van der Waals surface area contributed by atoms with Crippen molar-refractivity contribution < 1.29 is 30.3 Å². The molecule has 1 fully saturated rings. The molecule has 80 valence electrons. The summed E-state index contributed by atoms with van der Waals surface area (Å²) < 4.78 is 4.47. The molecule has 13 heavy (non-hydrogen) atoms. The van der Waals surface area contributed by atoms with Crippen LogP contribution in [0.4, 0.5) is 0 Å². The highest BCUT2D eigenvalue weighted by molar-refractivity contribution is 4.92. The summed E-state index contributed by atoms with van der Waals surface area (Å²) in [7, 11) is 0. The first-order valence-electron chi connectivity index (χ1n) is 3.93. The van der Waals surface area contributed by atoms with E-state index in [2.05, 4.69) is 4.74 Å². The molecule has 0 aromatic carbocycles. The summed E-state index contributed by atoms with van der Waals surface area (Å²) in [4.78, 5) is 0. The van der Waals surface area contributed by atoms with Crippen LogP contribution in [-0.2, 0) is 4.74 Å². The van der Waals surface area contributed by atoms with Crippen molar-refractivity contribution in [3.8, 4) is 0 Å². The predicted octanol–water partition coefficient (Wildman–Crippen LogP) is -2.58. The zero-order valence-electron chi connectivity index (χ0n) is 7.42. The van der Waals surface area contributed by atoms with Gasteiger partial charge in [-0.1, -0.05) is 0 Å². The van der Waals surface area contributed by atoms with Crippen molar-refractivity contribution in [2.24, 2.45) is 0 Å². The van der Waals surface area contributed by atoms with E-state index in [1.165, 1.54) is 0 Å². The molecule has 6 nitrogen and oxygen atoms in total. The minimum absolute atomic E-state index is 0.244. The molecule has 1 aliphatic rings. The zero-order chi connectivity index (χ0) is 10.5. The van der Waals surface area contributed by atoms with Crippen LogP contribution < -0.4 is 0 Å². The normalized spacial score (nSPS) is 38.3. The smallest absolute Gasteiger partial charge is 0.184 e. The molecule has 0 saturated carbocycles. The minimum Gasteiger partial charge on any atom is -0.397 e. The molecule has 0 bridgehead atoms. The average molecular weight is 196 g/mol. The Morgan fingerprint density at radius 3 is 2.00 bits per heavy atom. The Labute approximate surface area is 76.0 Å². The second-order valence-electron chi connectivity index (χ2n) is 2.72. The second-order valence-corrected chi connectivity index (χ2v) is 2.72. The van der Waals surface area contributed by atoms with Gasteiger partial charge in [0.05, 0.1) is 13.2 Å². The Morgan fingerprint density at radius 2 is 1.85 bits per heavy atom. The Morgan fingerprint density at radius 1 is 1.38 bits per heavy atom. The molecule has 0 aliphatic carbocycles. The van der Waals surface area contributed by atoms with Crippen LogP contribution >= 0.6 is 0 Å². The number of hydrogen-bond acceptors (Lipinski definition) is 6. The van der Waals surface area contributed by atoms with E-state index in [0.29, 0.717) is 0 Å². The van der Waals surface area contributed by atoms with Crippen LogP contribution in [0.2, 0.25) is 0 Å². The van der Waals surface area contributed by atoms with Gasteiger partial charge in [0.2, 0.25) is 0 Å². The second kappa shape index (κ2) is 5.48. The van der Waals surface area contributed by atoms with Crippen molar-refractivity contribution in [1.29, 1.82) is 0 Å². The molecule has 0 aromatic heterocycles. The van der Waals surface area contributed by atoms with Crippen LogP contribution in [0.3, 0.4) is 0 Å². The van der Waals surface area contributed by atoms with Crippen molar-refractivity contribution in [1.82, 2.24) is 0 Å². The minimum atomic E-state index is -1.70. The topological polar surface area (TPSA) is 110 Å². The van der Waals surface area contributed by atoms with E-state index in [9.17, 15) is 0 Å². The van der Waals surface area contributed by atoms with Crippen LogP contribution in [0, 0.1) is 0 Å². The lowest BCUT2D eigenvalue weighted by atomic mass is 10.0. The fraction of sp³-hybridized carbons (Fsp3) is 1.00. The molecule has 1 rings (SSSR count). The van der Waals surface area contributed by atoms with E-state index < -0.39 is 24.6 Å². The molecule has 0 aromatic rings. The number of aliphatic hydroxyl groups is 5. The summed E-state index contributed by atoms with van der Waals surface area (Å²) in [5.74, 6) is 0. The summed E-state index contributed by atoms with van der Waals surface area (Å²) in [6.45, 7) is 1.07. The molecule has 1 saturated heterocycles. The Kier molecular flexibility index (Phi) is 5.38.